The van der Waals surface area contributed by atoms with Gasteiger partial charge in [0.2, 0.25) is 5.91 Å². The van der Waals surface area contributed by atoms with Crippen LogP contribution in [0.2, 0.25) is 0 Å². The fourth-order valence-corrected chi connectivity index (χ4v) is 4.07. The highest BCUT2D eigenvalue weighted by Gasteiger charge is 2.47. The number of amides is 2. The van der Waals surface area contributed by atoms with Gasteiger partial charge in [-0.3, -0.25) is 19.3 Å². The van der Waals surface area contributed by atoms with Crippen LogP contribution in [0.25, 0.3) is 0 Å². The summed E-state index contributed by atoms with van der Waals surface area (Å²) in [6.07, 6.45) is 1.44. The predicted molar refractivity (Wildman–Crippen MR) is 94.1 cm³/mol. The number of carboxylic acid groups (broad SMARTS) is 1. The highest BCUT2D eigenvalue weighted by molar-refractivity contribution is 6.22. The predicted octanol–water partition coefficient (Wildman–Crippen LogP) is 0.785. The van der Waals surface area contributed by atoms with E-state index in [1.54, 1.807) is 24.3 Å². The van der Waals surface area contributed by atoms with Gasteiger partial charge in [-0.2, -0.15) is 0 Å². The maximum Gasteiger partial charge on any atom is 0.307 e. The molecule has 0 aromatic heterocycles. The maximum absolute atomic E-state index is 12.9. The summed E-state index contributed by atoms with van der Waals surface area (Å²) in [7, 11) is 0. The second-order valence-electron chi connectivity index (χ2n) is 7.17. The van der Waals surface area contributed by atoms with Gasteiger partial charge >= 0.3 is 5.97 Å². The van der Waals surface area contributed by atoms with Crippen LogP contribution in [0.3, 0.4) is 0 Å². The van der Waals surface area contributed by atoms with Gasteiger partial charge < -0.3 is 14.6 Å². The second-order valence-corrected chi connectivity index (χ2v) is 7.17. The third-order valence-corrected chi connectivity index (χ3v) is 5.49. The molecule has 1 N–H and O–H groups in total. The second kappa shape index (κ2) is 7.03. The minimum atomic E-state index is -0.922. The molecule has 3 aliphatic rings. The van der Waals surface area contributed by atoms with Crippen LogP contribution >= 0.6 is 0 Å². The number of hydrogen-bond donors (Lipinski definition) is 1. The summed E-state index contributed by atoms with van der Waals surface area (Å²) in [5.74, 6) is -1.89. The van der Waals surface area contributed by atoms with E-state index >= 15 is 0 Å². The number of nitrogens with zero attached hydrogens (tertiary/aromatic N) is 2. The molecular weight excluding hydrogens is 352 g/mol. The number of likely N-dealkylation sites (tertiary alicyclic amines) is 1. The van der Waals surface area contributed by atoms with Gasteiger partial charge in [0.25, 0.3) is 5.91 Å². The van der Waals surface area contributed by atoms with Gasteiger partial charge in [0.05, 0.1) is 37.8 Å². The number of rotatable bonds is 4. The average molecular weight is 374 g/mol. The largest absolute Gasteiger partial charge is 0.481 e. The Labute approximate surface area is 156 Å². The fourth-order valence-electron chi connectivity index (χ4n) is 4.07. The number of ether oxygens (including phenoxy) is 2. The van der Waals surface area contributed by atoms with Crippen LogP contribution in [-0.4, -0.2) is 65.9 Å². The number of anilines is 1. The Morgan fingerprint density at radius 3 is 2.33 bits per heavy atom. The summed E-state index contributed by atoms with van der Waals surface area (Å²) >= 11 is 0. The van der Waals surface area contributed by atoms with E-state index in [-0.39, 0.29) is 24.7 Å². The monoisotopic (exact) mass is 374 g/mol. The molecule has 1 aromatic carbocycles. The van der Waals surface area contributed by atoms with Crippen molar-refractivity contribution in [3.63, 3.8) is 0 Å². The molecule has 3 fully saturated rings. The molecule has 27 heavy (non-hydrogen) atoms. The molecule has 0 saturated carbocycles. The Morgan fingerprint density at radius 2 is 1.74 bits per heavy atom. The van der Waals surface area contributed by atoms with Crippen molar-refractivity contribution in [2.45, 2.75) is 37.5 Å². The number of piperidine rings is 1. The molecule has 8 heteroatoms. The third-order valence-electron chi connectivity index (χ3n) is 5.49. The molecule has 3 aliphatic heterocycles. The van der Waals surface area contributed by atoms with Gasteiger partial charge in [-0.15, -0.1) is 0 Å². The van der Waals surface area contributed by atoms with Crippen LogP contribution in [0.15, 0.2) is 24.3 Å². The van der Waals surface area contributed by atoms with Gasteiger partial charge in [0.15, 0.2) is 5.79 Å². The summed E-state index contributed by atoms with van der Waals surface area (Å²) in [4.78, 5) is 39.4. The molecule has 1 spiro atoms. The summed E-state index contributed by atoms with van der Waals surface area (Å²) in [6.45, 7) is 2.50. The molecule has 3 saturated heterocycles. The molecule has 0 bridgehead atoms. The lowest BCUT2D eigenvalue weighted by Crippen LogP contribution is -2.51. The molecule has 1 atom stereocenters. The number of imide groups is 1. The smallest absolute Gasteiger partial charge is 0.307 e. The van der Waals surface area contributed by atoms with Crippen molar-refractivity contribution in [2.24, 2.45) is 0 Å². The lowest BCUT2D eigenvalue weighted by Gasteiger charge is -2.39. The van der Waals surface area contributed by atoms with E-state index in [2.05, 4.69) is 0 Å². The molecule has 3 heterocycles. The van der Waals surface area contributed by atoms with Gasteiger partial charge in [0.1, 0.15) is 0 Å². The quantitative estimate of drug-likeness (QED) is 0.778. The molecule has 0 radical (unpaired) electrons. The van der Waals surface area contributed by atoms with Crippen molar-refractivity contribution in [1.82, 2.24) is 4.90 Å². The molecular formula is C19H22N2O6. The topological polar surface area (TPSA) is 96.4 Å². The highest BCUT2D eigenvalue weighted by Crippen LogP contribution is 2.34. The summed E-state index contributed by atoms with van der Waals surface area (Å²) in [5, 5.41) is 8.85. The number of carbonyl (C=O) groups excluding carboxylic acids is 2. The number of carboxylic acids is 1. The van der Waals surface area contributed by atoms with E-state index in [1.807, 2.05) is 4.90 Å². The Kier molecular flexibility index (Phi) is 4.71. The van der Waals surface area contributed by atoms with E-state index in [1.165, 1.54) is 4.90 Å². The molecule has 0 aliphatic carbocycles. The van der Waals surface area contributed by atoms with Crippen molar-refractivity contribution in [1.29, 1.82) is 0 Å². The molecule has 1 unspecified atom stereocenters. The molecule has 144 valence electrons. The molecule has 1 aromatic rings. The summed E-state index contributed by atoms with van der Waals surface area (Å²) in [6, 6.07) is 6.06. The summed E-state index contributed by atoms with van der Waals surface area (Å²) in [5.41, 5.74) is 1.11. The van der Waals surface area contributed by atoms with Gasteiger partial charge in [-0.25, -0.2) is 4.90 Å². The van der Waals surface area contributed by atoms with Crippen molar-refractivity contribution < 1.29 is 29.0 Å². The first-order valence-corrected chi connectivity index (χ1v) is 9.17. The van der Waals surface area contributed by atoms with Crippen molar-refractivity contribution in [2.75, 3.05) is 31.2 Å². The van der Waals surface area contributed by atoms with Crippen LogP contribution < -0.4 is 4.90 Å². The maximum atomic E-state index is 12.9. The van der Waals surface area contributed by atoms with Crippen molar-refractivity contribution >= 4 is 23.5 Å². The Balaban J connectivity index is 1.43. The first-order valence-electron chi connectivity index (χ1n) is 9.17. The lowest BCUT2D eigenvalue weighted by atomic mass is 10.0. The average Bonchev–Trinajstić information content (AvgIpc) is 3.21. The van der Waals surface area contributed by atoms with E-state index in [4.69, 9.17) is 14.6 Å². The number of hydrogen-bond acceptors (Lipinski definition) is 6. The Morgan fingerprint density at radius 1 is 1.11 bits per heavy atom. The minimum absolute atomic E-state index is 0.0928. The fraction of sp³-hybridized carbons (Fsp3) is 0.526. The van der Waals surface area contributed by atoms with E-state index in [9.17, 15) is 14.4 Å². The van der Waals surface area contributed by atoms with Crippen molar-refractivity contribution in [3.05, 3.63) is 29.8 Å². The zero-order valence-corrected chi connectivity index (χ0v) is 14.9. The highest BCUT2D eigenvalue weighted by atomic mass is 16.7. The lowest BCUT2D eigenvalue weighted by molar-refractivity contribution is -0.188. The van der Waals surface area contributed by atoms with Crippen molar-refractivity contribution in [3.8, 4) is 0 Å². The Hall–Kier alpha value is -2.29. The first kappa shape index (κ1) is 18.1. The normalized spacial score (nSPS) is 25.5. The van der Waals surface area contributed by atoms with Gasteiger partial charge in [-0.1, -0.05) is 12.1 Å². The van der Waals surface area contributed by atoms with Crippen LogP contribution in [0.1, 0.15) is 24.8 Å². The first-order chi connectivity index (χ1) is 13.0. The van der Waals surface area contributed by atoms with Gasteiger partial charge in [-0.05, 0) is 17.7 Å². The standard InChI is InChI=1S/C19H22N2O6/c22-16-12-15(20-7-5-19(6-8-20)26-9-10-27-19)18(25)21(16)14-3-1-13(2-4-14)11-17(23)24/h1-4,15H,5-12H2,(H,23,24). The summed E-state index contributed by atoms with van der Waals surface area (Å²) < 4.78 is 11.4. The van der Waals surface area contributed by atoms with Crippen LogP contribution in [0, 0.1) is 0 Å². The van der Waals surface area contributed by atoms with E-state index in [0.717, 1.165) is 0 Å². The van der Waals surface area contributed by atoms with E-state index in [0.29, 0.717) is 50.4 Å². The van der Waals surface area contributed by atoms with E-state index < -0.39 is 17.8 Å². The zero-order chi connectivity index (χ0) is 19.0. The molecule has 2 amide bonds. The van der Waals surface area contributed by atoms with Crippen LogP contribution in [0.5, 0.6) is 0 Å². The molecule has 8 nitrogen and oxygen atoms in total. The van der Waals surface area contributed by atoms with Crippen LogP contribution in [0.4, 0.5) is 5.69 Å². The third kappa shape index (κ3) is 3.47. The minimum Gasteiger partial charge on any atom is -0.481 e. The number of aliphatic carboxylic acids is 1. The molecule has 4 rings (SSSR count). The zero-order valence-electron chi connectivity index (χ0n) is 14.9. The van der Waals surface area contributed by atoms with Crippen LogP contribution in [-0.2, 0) is 30.3 Å². The van der Waals surface area contributed by atoms with Gasteiger partial charge in [0, 0.05) is 25.9 Å². The number of carbonyl (C=O) groups is 3. The Bertz CT molecular complexity index is 746. The number of benzene rings is 1. The SMILES string of the molecule is O=C(O)Cc1ccc(N2C(=O)CC(N3CCC4(CC3)OCCO4)C2=O)cc1.